The third-order valence-electron chi connectivity index (χ3n) is 7.76. The fourth-order valence-corrected chi connectivity index (χ4v) is 10.6. The molecule has 1 amide bonds. The second-order valence-corrected chi connectivity index (χ2v) is 17.6. The summed E-state index contributed by atoms with van der Waals surface area (Å²) in [5.41, 5.74) is -1.12. The van der Waals surface area contributed by atoms with Crippen molar-refractivity contribution in [2.75, 3.05) is 6.61 Å². The lowest BCUT2D eigenvalue weighted by molar-refractivity contribution is -0.141. The van der Waals surface area contributed by atoms with Crippen LogP contribution in [0.1, 0.15) is 90.4 Å². The van der Waals surface area contributed by atoms with Gasteiger partial charge >= 0.3 is 12.3 Å². The van der Waals surface area contributed by atoms with E-state index >= 15 is 0 Å². The maximum Gasteiger partial charge on any atom is 0.433 e. The van der Waals surface area contributed by atoms with Gasteiger partial charge in [0, 0.05) is 12.2 Å². The summed E-state index contributed by atoms with van der Waals surface area (Å²) < 4.78 is 59.2. The van der Waals surface area contributed by atoms with Crippen LogP contribution in [0.25, 0.3) is 0 Å². The molecule has 0 bridgehead atoms. The van der Waals surface area contributed by atoms with Gasteiger partial charge in [0.25, 0.3) is 8.32 Å². The van der Waals surface area contributed by atoms with Crippen LogP contribution >= 0.6 is 0 Å². The predicted octanol–water partition coefficient (Wildman–Crippen LogP) is 7.48. The first kappa shape index (κ1) is 33.7. The fraction of sp³-hybridized carbons (Fsp3) is 0.471. The second kappa shape index (κ2) is 13.0. The molecule has 4 rings (SSSR count). The van der Waals surface area contributed by atoms with Crippen molar-refractivity contribution in [3.63, 3.8) is 0 Å². The summed E-state index contributed by atoms with van der Waals surface area (Å²) in [7, 11) is -2.75. The van der Waals surface area contributed by atoms with Gasteiger partial charge in [0.15, 0.2) is 0 Å². The Morgan fingerprint density at radius 1 is 0.909 bits per heavy atom. The molecule has 44 heavy (non-hydrogen) atoms. The molecule has 0 fully saturated rings. The number of alkyl carbamates (subject to hydrolysis) is 1. The van der Waals surface area contributed by atoms with E-state index in [2.05, 4.69) is 55.3 Å². The molecule has 0 radical (unpaired) electrons. The summed E-state index contributed by atoms with van der Waals surface area (Å²) in [6.45, 7) is 14.0. The average Bonchev–Trinajstić information content (AvgIpc) is 2.93. The van der Waals surface area contributed by atoms with Crippen molar-refractivity contribution >= 4 is 24.8 Å². The molecule has 1 aromatic heterocycles. The second-order valence-electron chi connectivity index (χ2n) is 13.3. The number of alkyl halides is 3. The van der Waals surface area contributed by atoms with Gasteiger partial charge in [0.05, 0.1) is 23.9 Å². The van der Waals surface area contributed by atoms with Crippen molar-refractivity contribution in [2.24, 2.45) is 0 Å². The van der Waals surface area contributed by atoms with Crippen LogP contribution < -0.4 is 15.7 Å². The third-order valence-corrected chi connectivity index (χ3v) is 12.8. The van der Waals surface area contributed by atoms with Gasteiger partial charge in [0.1, 0.15) is 11.3 Å². The Morgan fingerprint density at radius 2 is 1.48 bits per heavy atom. The number of pyridine rings is 1. The van der Waals surface area contributed by atoms with Crippen molar-refractivity contribution in [1.82, 2.24) is 10.3 Å². The van der Waals surface area contributed by atoms with Gasteiger partial charge in [-0.25, -0.2) is 9.78 Å². The number of fused-ring (bicyclic) bond motifs is 1. The van der Waals surface area contributed by atoms with Crippen molar-refractivity contribution in [3.8, 4) is 0 Å². The van der Waals surface area contributed by atoms with Gasteiger partial charge in [-0.2, -0.15) is 13.2 Å². The zero-order chi connectivity index (χ0) is 32.3. The molecule has 1 aliphatic heterocycles. The molecule has 2 heterocycles. The largest absolute Gasteiger partial charge is 0.444 e. The van der Waals surface area contributed by atoms with E-state index in [1.165, 1.54) is 16.4 Å². The molecule has 3 atom stereocenters. The van der Waals surface area contributed by atoms with Crippen molar-refractivity contribution in [1.29, 1.82) is 0 Å². The topological polar surface area (TPSA) is 69.7 Å². The Kier molecular flexibility index (Phi) is 9.97. The number of rotatable bonds is 8. The molecule has 0 spiro atoms. The molecule has 10 heteroatoms. The van der Waals surface area contributed by atoms with Gasteiger partial charge in [-0.05, 0) is 62.0 Å². The van der Waals surface area contributed by atoms with E-state index in [9.17, 15) is 18.0 Å². The summed E-state index contributed by atoms with van der Waals surface area (Å²) in [5.74, 6) is 0. The number of hydrogen-bond donors (Lipinski definition) is 1. The van der Waals surface area contributed by atoms with E-state index < -0.39 is 50.1 Å². The minimum atomic E-state index is -4.60. The quantitative estimate of drug-likeness (QED) is 0.207. The van der Waals surface area contributed by atoms with Crippen LogP contribution in [0.3, 0.4) is 0 Å². The lowest BCUT2D eigenvalue weighted by Crippen LogP contribution is -2.66. The number of nitrogens with zero attached hydrogens (tertiary/aromatic N) is 1. The third kappa shape index (κ3) is 7.53. The molecule has 2 aromatic carbocycles. The van der Waals surface area contributed by atoms with E-state index in [0.29, 0.717) is 25.0 Å². The Balaban J connectivity index is 1.60. The zero-order valence-corrected chi connectivity index (χ0v) is 27.5. The van der Waals surface area contributed by atoms with Crippen molar-refractivity contribution in [2.45, 2.75) is 96.4 Å². The summed E-state index contributed by atoms with van der Waals surface area (Å²) >= 11 is 0. The van der Waals surface area contributed by atoms with Crippen LogP contribution in [0.15, 0.2) is 72.8 Å². The van der Waals surface area contributed by atoms with Gasteiger partial charge in [-0.1, -0.05) is 87.5 Å². The van der Waals surface area contributed by atoms with E-state index in [1.807, 2.05) is 36.4 Å². The highest BCUT2D eigenvalue weighted by atomic mass is 28.4. The summed E-state index contributed by atoms with van der Waals surface area (Å²) in [4.78, 5) is 16.8. The predicted molar refractivity (Wildman–Crippen MR) is 167 cm³/mol. The monoisotopic (exact) mass is 628 g/mol. The summed E-state index contributed by atoms with van der Waals surface area (Å²) in [6, 6.07) is 22.3. The Labute approximate surface area is 259 Å². The van der Waals surface area contributed by atoms with Crippen LogP contribution in [0.2, 0.25) is 5.04 Å². The van der Waals surface area contributed by atoms with Crippen LogP contribution in [0.5, 0.6) is 0 Å². The van der Waals surface area contributed by atoms with E-state index in [0.717, 1.165) is 6.07 Å². The van der Waals surface area contributed by atoms with Crippen molar-refractivity contribution in [3.05, 3.63) is 89.7 Å². The smallest absolute Gasteiger partial charge is 0.433 e. The lowest BCUT2D eigenvalue weighted by atomic mass is 9.91. The first-order valence-corrected chi connectivity index (χ1v) is 16.9. The van der Waals surface area contributed by atoms with E-state index in [-0.39, 0.29) is 10.7 Å². The molecular formula is C34H43F3N2O4Si. The summed E-state index contributed by atoms with van der Waals surface area (Å²) in [5, 5.41) is 5.01. The van der Waals surface area contributed by atoms with Crippen LogP contribution in [0, 0.1) is 0 Å². The maximum atomic E-state index is 13.5. The molecule has 0 unspecified atom stereocenters. The number of nitrogens with one attached hydrogen (secondary N) is 1. The SMILES string of the molecule is C[C@H]1O[C@@H](CCCO[Si](c2ccccc2)(c2ccccc2)C(C)(C)C)[C@@H](NC(=O)OC(C)(C)C)c2ccc(C(F)(F)F)nc21. The number of ether oxygens (including phenoxy) is 2. The number of hydrogen-bond acceptors (Lipinski definition) is 5. The Morgan fingerprint density at radius 3 is 1.98 bits per heavy atom. The molecule has 0 saturated heterocycles. The molecule has 0 aliphatic carbocycles. The standard InChI is InChI=1S/C34H43F3N2O4Si/c1-23-29-26(20-21-28(38-29)34(35,36)37)30(39-31(40)43-32(2,3)4)27(42-23)19-14-22-41-44(33(5,6)7,24-15-10-8-11-16-24)25-17-12-9-13-18-25/h8-13,15-18,20-21,23,27,30H,14,19,22H2,1-7H3,(H,39,40)/t23-,27+,30+/m1/s1. The van der Waals surface area contributed by atoms with E-state index in [1.54, 1.807) is 27.7 Å². The lowest BCUT2D eigenvalue weighted by Gasteiger charge is -2.43. The number of carbonyl (C=O) groups is 1. The van der Waals surface area contributed by atoms with Gasteiger partial charge in [0.2, 0.25) is 0 Å². The number of carbonyl (C=O) groups excluding carboxylic acids is 1. The number of halogens is 3. The highest BCUT2D eigenvalue weighted by Gasteiger charge is 2.50. The summed E-state index contributed by atoms with van der Waals surface area (Å²) in [6.07, 6.45) is -5.43. The van der Waals surface area contributed by atoms with Crippen LogP contribution in [-0.2, 0) is 20.1 Å². The van der Waals surface area contributed by atoms with Crippen LogP contribution in [-0.4, -0.2) is 37.7 Å². The normalized spacial score (nSPS) is 19.3. The van der Waals surface area contributed by atoms with Gasteiger partial charge < -0.3 is 19.2 Å². The minimum Gasteiger partial charge on any atom is -0.444 e. The molecule has 0 saturated carbocycles. The number of benzene rings is 2. The van der Waals surface area contributed by atoms with Crippen molar-refractivity contribution < 1.29 is 31.9 Å². The fourth-order valence-electron chi connectivity index (χ4n) is 5.95. The van der Waals surface area contributed by atoms with Gasteiger partial charge in [-0.15, -0.1) is 0 Å². The molecule has 238 valence electrons. The highest BCUT2D eigenvalue weighted by molar-refractivity contribution is 6.99. The Bertz CT molecular complexity index is 1370. The molecule has 6 nitrogen and oxygen atoms in total. The first-order chi connectivity index (χ1) is 20.5. The van der Waals surface area contributed by atoms with Gasteiger partial charge in [-0.3, -0.25) is 0 Å². The molecule has 1 aliphatic rings. The van der Waals surface area contributed by atoms with E-state index in [4.69, 9.17) is 13.9 Å². The molecule has 1 N–H and O–H groups in total. The number of aromatic nitrogens is 1. The average molecular weight is 629 g/mol. The maximum absolute atomic E-state index is 13.5. The minimum absolute atomic E-state index is 0.153. The number of amides is 1. The highest BCUT2D eigenvalue weighted by Crippen LogP contribution is 2.40. The van der Waals surface area contributed by atoms with Crippen LogP contribution in [0.4, 0.5) is 18.0 Å². The first-order valence-electron chi connectivity index (χ1n) is 15.0. The zero-order valence-electron chi connectivity index (χ0n) is 26.5. The molecule has 3 aromatic rings. The molecular weight excluding hydrogens is 585 g/mol. The Hall–Kier alpha value is -3.21.